The average molecular weight is 296 g/mol. The van der Waals surface area contributed by atoms with E-state index in [1.165, 1.54) is 12.8 Å². The van der Waals surface area contributed by atoms with Crippen molar-refractivity contribution in [3.05, 3.63) is 22.8 Å². The van der Waals surface area contributed by atoms with Gasteiger partial charge in [-0.2, -0.15) is 0 Å². The van der Waals surface area contributed by atoms with Gasteiger partial charge in [-0.1, -0.05) is 38.8 Å². The molecule has 4 heteroatoms. The van der Waals surface area contributed by atoms with Gasteiger partial charge in [0, 0.05) is 25.8 Å². The predicted molar refractivity (Wildman–Crippen MR) is 86.4 cm³/mol. The highest BCUT2D eigenvalue weighted by Crippen LogP contribution is 2.26. The maximum Gasteiger partial charge on any atom is 0.128 e. The molecule has 0 amide bonds. The largest absolute Gasteiger partial charge is 0.356 e. The van der Waals surface area contributed by atoms with E-state index in [-0.39, 0.29) is 0 Å². The summed E-state index contributed by atoms with van der Waals surface area (Å²) in [6, 6.07) is 2.15. The van der Waals surface area contributed by atoms with Gasteiger partial charge >= 0.3 is 0 Å². The van der Waals surface area contributed by atoms with Crippen LogP contribution in [0.2, 0.25) is 5.02 Å². The Bertz CT molecular complexity index is 434. The summed E-state index contributed by atoms with van der Waals surface area (Å²) in [6.07, 6.45) is 4.33. The zero-order valence-electron chi connectivity index (χ0n) is 12.8. The molecular weight excluding hydrogens is 270 g/mol. The Hall–Kier alpha value is -0.800. The van der Waals surface area contributed by atoms with Crippen molar-refractivity contribution in [2.45, 2.75) is 40.2 Å². The molecule has 0 radical (unpaired) electrons. The fourth-order valence-electron chi connectivity index (χ4n) is 2.65. The minimum atomic E-state index is 0.652. The molecule has 0 saturated carbocycles. The van der Waals surface area contributed by atoms with Crippen molar-refractivity contribution >= 4 is 17.4 Å². The molecule has 112 valence electrons. The number of nitrogens with one attached hydrogen (secondary N) is 1. The maximum atomic E-state index is 6.25. The van der Waals surface area contributed by atoms with Crippen molar-refractivity contribution in [2.24, 2.45) is 11.8 Å². The van der Waals surface area contributed by atoms with Crippen LogP contribution in [0, 0.1) is 11.8 Å². The van der Waals surface area contributed by atoms with Gasteiger partial charge in [-0.3, -0.25) is 0 Å². The lowest BCUT2D eigenvalue weighted by atomic mass is 10.1. The molecule has 0 bridgehead atoms. The zero-order chi connectivity index (χ0) is 14.5. The molecule has 1 saturated heterocycles. The van der Waals surface area contributed by atoms with Crippen LogP contribution in [0.4, 0.5) is 5.82 Å². The molecule has 0 spiro atoms. The highest BCUT2D eigenvalue weighted by atomic mass is 35.5. The number of hydrogen-bond acceptors (Lipinski definition) is 3. The Morgan fingerprint density at radius 1 is 1.50 bits per heavy atom. The maximum absolute atomic E-state index is 6.25. The monoisotopic (exact) mass is 295 g/mol. The summed E-state index contributed by atoms with van der Waals surface area (Å²) in [4.78, 5) is 6.88. The number of halogens is 1. The number of nitrogens with zero attached hydrogens (tertiary/aromatic N) is 2. The second-order valence-electron chi connectivity index (χ2n) is 6.17. The summed E-state index contributed by atoms with van der Waals surface area (Å²) in [5.74, 6) is 2.54. The van der Waals surface area contributed by atoms with E-state index in [9.17, 15) is 0 Å². The van der Waals surface area contributed by atoms with E-state index in [2.05, 4.69) is 42.0 Å². The van der Waals surface area contributed by atoms with Crippen molar-refractivity contribution in [3.8, 4) is 0 Å². The molecule has 1 aliphatic rings. The fraction of sp³-hybridized carbons (Fsp3) is 0.688. The van der Waals surface area contributed by atoms with E-state index in [1.54, 1.807) is 6.20 Å². The number of pyridine rings is 1. The molecule has 0 aliphatic carbocycles. The SMILES string of the molecule is CCC1CCN(c2cc(CNCC(C)C)c(Cl)cn2)C1. The summed E-state index contributed by atoms with van der Waals surface area (Å²) >= 11 is 6.25. The second-order valence-corrected chi connectivity index (χ2v) is 6.57. The minimum Gasteiger partial charge on any atom is -0.356 e. The Labute approximate surface area is 127 Å². The first-order valence-electron chi connectivity index (χ1n) is 7.70. The van der Waals surface area contributed by atoms with E-state index in [0.717, 1.165) is 48.5 Å². The summed E-state index contributed by atoms with van der Waals surface area (Å²) < 4.78 is 0. The standard InChI is InChI=1S/C16H26ClN3/c1-4-13-5-6-20(11-13)16-7-14(15(17)10-19-16)9-18-8-12(2)3/h7,10,12-13,18H,4-6,8-9,11H2,1-3H3. The van der Waals surface area contributed by atoms with Gasteiger partial charge in [-0.05, 0) is 36.4 Å². The van der Waals surface area contributed by atoms with Gasteiger partial charge in [-0.15, -0.1) is 0 Å². The van der Waals surface area contributed by atoms with Crippen LogP contribution in [0.3, 0.4) is 0 Å². The molecule has 1 N–H and O–H groups in total. The highest BCUT2D eigenvalue weighted by molar-refractivity contribution is 6.31. The van der Waals surface area contributed by atoms with Gasteiger partial charge in [0.25, 0.3) is 0 Å². The van der Waals surface area contributed by atoms with Gasteiger partial charge in [0.05, 0.1) is 5.02 Å². The van der Waals surface area contributed by atoms with Crippen LogP contribution >= 0.6 is 11.6 Å². The summed E-state index contributed by atoms with van der Waals surface area (Å²) in [5, 5.41) is 4.21. The van der Waals surface area contributed by atoms with Crippen molar-refractivity contribution in [1.29, 1.82) is 0 Å². The topological polar surface area (TPSA) is 28.2 Å². The third kappa shape index (κ3) is 4.10. The van der Waals surface area contributed by atoms with E-state index in [4.69, 9.17) is 11.6 Å². The van der Waals surface area contributed by atoms with Crippen LogP contribution in [0.25, 0.3) is 0 Å². The molecule has 2 heterocycles. The average Bonchev–Trinajstić information content (AvgIpc) is 2.89. The molecule has 1 aliphatic heterocycles. The van der Waals surface area contributed by atoms with E-state index in [0.29, 0.717) is 5.92 Å². The molecule has 1 aromatic rings. The third-order valence-corrected chi connectivity index (χ3v) is 4.32. The number of hydrogen-bond donors (Lipinski definition) is 1. The van der Waals surface area contributed by atoms with Crippen molar-refractivity contribution in [3.63, 3.8) is 0 Å². The summed E-state index contributed by atoms with van der Waals surface area (Å²) in [5.41, 5.74) is 1.15. The quantitative estimate of drug-likeness (QED) is 0.867. The summed E-state index contributed by atoms with van der Waals surface area (Å²) in [7, 11) is 0. The van der Waals surface area contributed by atoms with Gasteiger partial charge in [-0.25, -0.2) is 4.98 Å². The van der Waals surface area contributed by atoms with Crippen LogP contribution < -0.4 is 10.2 Å². The van der Waals surface area contributed by atoms with Crippen LogP contribution in [0.1, 0.15) is 39.2 Å². The molecule has 20 heavy (non-hydrogen) atoms. The number of anilines is 1. The van der Waals surface area contributed by atoms with E-state index >= 15 is 0 Å². The van der Waals surface area contributed by atoms with Crippen molar-refractivity contribution in [1.82, 2.24) is 10.3 Å². The molecular formula is C16H26ClN3. The van der Waals surface area contributed by atoms with Crippen molar-refractivity contribution in [2.75, 3.05) is 24.5 Å². The molecule has 1 fully saturated rings. The van der Waals surface area contributed by atoms with Crippen LogP contribution in [0.5, 0.6) is 0 Å². The minimum absolute atomic E-state index is 0.652. The molecule has 1 aromatic heterocycles. The highest BCUT2D eigenvalue weighted by Gasteiger charge is 2.22. The number of rotatable bonds is 6. The van der Waals surface area contributed by atoms with Crippen LogP contribution in [0.15, 0.2) is 12.3 Å². The summed E-state index contributed by atoms with van der Waals surface area (Å²) in [6.45, 7) is 10.8. The Balaban J connectivity index is 2.01. The van der Waals surface area contributed by atoms with Crippen molar-refractivity contribution < 1.29 is 0 Å². The Morgan fingerprint density at radius 3 is 2.95 bits per heavy atom. The second kappa shape index (κ2) is 7.28. The van der Waals surface area contributed by atoms with Gasteiger partial charge in [0.2, 0.25) is 0 Å². The molecule has 1 unspecified atom stereocenters. The van der Waals surface area contributed by atoms with E-state index < -0.39 is 0 Å². The first kappa shape index (κ1) is 15.6. The van der Waals surface area contributed by atoms with E-state index in [1.807, 2.05) is 0 Å². The first-order valence-corrected chi connectivity index (χ1v) is 8.08. The fourth-order valence-corrected chi connectivity index (χ4v) is 2.82. The molecule has 1 atom stereocenters. The molecule has 3 nitrogen and oxygen atoms in total. The van der Waals surface area contributed by atoms with Gasteiger partial charge in [0.15, 0.2) is 0 Å². The lowest BCUT2D eigenvalue weighted by molar-refractivity contribution is 0.552. The molecule has 2 rings (SSSR count). The number of aromatic nitrogens is 1. The molecule has 0 aromatic carbocycles. The van der Waals surface area contributed by atoms with Gasteiger partial charge in [0.1, 0.15) is 5.82 Å². The predicted octanol–water partition coefficient (Wildman–Crippen LogP) is 3.72. The lowest BCUT2D eigenvalue weighted by Gasteiger charge is -2.19. The normalized spacial score (nSPS) is 19.1. The first-order chi connectivity index (χ1) is 9.60. The van der Waals surface area contributed by atoms with Gasteiger partial charge < -0.3 is 10.2 Å². The Morgan fingerprint density at radius 2 is 2.30 bits per heavy atom. The smallest absolute Gasteiger partial charge is 0.128 e. The van der Waals surface area contributed by atoms with Crippen LogP contribution in [-0.2, 0) is 6.54 Å². The third-order valence-electron chi connectivity index (χ3n) is 3.98. The Kier molecular flexibility index (Phi) is 5.67. The lowest BCUT2D eigenvalue weighted by Crippen LogP contribution is -2.22. The van der Waals surface area contributed by atoms with Crippen LogP contribution in [-0.4, -0.2) is 24.6 Å². The zero-order valence-corrected chi connectivity index (χ0v) is 13.6.